The van der Waals surface area contributed by atoms with Crippen molar-refractivity contribution in [3.63, 3.8) is 0 Å². The van der Waals surface area contributed by atoms with Crippen molar-refractivity contribution in [3.05, 3.63) is 35.4 Å². The number of carbonyl (C=O) groups is 1. The molecule has 20 heavy (non-hydrogen) atoms. The first kappa shape index (κ1) is 13.6. The number of nitrogens with zero attached hydrogens (tertiary/aromatic N) is 1. The van der Waals surface area contributed by atoms with Crippen LogP contribution in [0.2, 0.25) is 0 Å². The van der Waals surface area contributed by atoms with E-state index in [4.69, 9.17) is 0 Å². The van der Waals surface area contributed by atoms with Gasteiger partial charge in [-0.2, -0.15) is 0 Å². The number of carbonyl (C=O) groups excluding carboxylic acids is 1. The minimum Gasteiger partial charge on any atom is -0.341 e. The first-order valence-corrected chi connectivity index (χ1v) is 7.62. The van der Waals surface area contributed by atoms with E-state index >= 15 is 0 Å². The van der Waals surface area contributed by atoms with Gasteiger partial charge >= 0.3 is 0 Å². The summed E-state index contributed by atoms with van der Waals surface area (Å²) in [5.41, 5.74) is 2.81. The maximum absolute atomic E-state index is 12.6. The van der Waals surface area contributed by atoms with E-state index in [1.54, 1.807) is 0 Å². The molecule has 1 N–H and O–H groups in total. The molecule has 1 aliphatic heterocycles. The minimum atomic E-state index is 0.277. The Bertz CT molecular complexity index is 505. The maximum Gasteiger partial charge on any atom is 0.226 e. The van der Waals surface area contributed by atoms with Gasteiger partial charge in [-0.05, 0) is 50.3 Å². The molecule has 2 fully saturated rings. The Hall–Kier alpha value is -1.35. The molecule has 3 nitrogen and oxygen atoms in total. The first-order valence-electron chi connectivity index (χ1n) is 7.62. The third-order valence-electron chi connectivity index (χ3n) is 4.97. The van der Waals surface area contributed by atoms with Crippen LogP contribution in [0.1, 0.15) is 30.4 Å². The number of aryl methyl sites for hydroxylation is 1. The monoisotopic (exact) mass is 272 g/mol. The maximum atomic E-state index is 12.6. The summed E-state index contributed by atoms with van der Waals surface area (Å²) in [5.74, 6) is 0.618. The Kier molecular flexibility index (Phi) is 3.55. The zero-order chi connectivity index (χ0) is 14.2. The zero-order valence-corrected chi connectivity index (χ0v) is 12.5. The fourth-order valence-corrected chi connectivity index (χ4v) is 3.60. The lowest BCUT2D eigenvalue weighted by Gasteiger charge is -2.25. The van der Waals surface area contributed by atoms with Gasteiger partial charge in [0.15, 0.2) is 0 Å². The van der Waals surface area contributed by atoms with E-state index in [0.717, 1.165) is 26.1 Å². The highest BCUT2D eigenvalue weighted by Crippen LogP contribution is 2.59. The normalized spacial score (nSPS) is 23.6. The summed E-state index contributed by atoms with van der Waals surface area (Å²) in [4.78, 5) is 14.5. The third kappa shape index (κ3) is 2.59. The lowest BCUT2D eigenvalue weighted by atomic mass is 9.91. The Morgan fingerprint density at radius 3 is 2.85 bits per heavy atom. The summed E-state index contributed by atoms with van der Waals surface area (Å²) in [5, 5.41) is 3.39. The van der Waals surface area contributed by atoms with Gasteiger partial charge in [0.25, 0.3) is 0 Å². The standard InChI is InChI=1S/C17H24N2O/c1-13-4-3-5-14(10-13)12-19(2)16(20)15-11-17(15)6-8-18-9-7-17/h3-5,10,15,18H,6-9,11-12H2,1-2H3. The predicted octanol–water partition coefficient (Wildman–Crippen LogP) is 2.34. The lowest BCUT2D eigenvalue weighted by molar-refractivity contribution is -0.132. The molecule has 2 aliphatic rings. The zero-order valence-electron chi connectivity index (χ0n) is 12.5. The Labute approximate surface area is 121 Å². The SMILES string of the molecule is Cc1cccc(CN(C)C(=O)C2CC23CCNCC3)c1. The van der Waals surface area contributed by atoms with Crippen LogP contribution in [0.15, 0.2) is 24.3 Å². The van der Waals surface area contributed by atoms with Gasteiger partial charge in [0.05, 0.1) is 0 Å². The van der Waals surface area contributed by atoms with Crippen molar-refractivity contribution in [2.24, 2.45) is 11.3 Å². The van der Waals surface area contributed by atoms with E-state index in [-0.39, 0.29) is 5.92 Å². The van der Waals surface area contributed by atoms with Crippen LogP contribution in [0.25, 0.3) is 0 Å². The van der Waals surface area contributed by atoms with E-state index in [2.05, 4.69) is 36.5 Å². The highest BCUT2D eigenvalue weighted by Gasteiger charge is 2.58. The molecule has 3 heteroatoms. The van der Waals surface area contributed by atoms with Crippen LogP contribution >= 0.6 is 0 Å². The molecule has 1 aromatic rings. The van der Waals surface area contributed by atoms with E-state index in [9.17, 15) is 4.79 Å². The molecule has 0 aromatic heterocycles. The van der Waals surface area contributed by atoms with Gasteiger partial charge in [0, 0.05) is 19.5 Å². The molecule has 1 heterocycles. The summed E-state index contributed by atoms with van der Waals surface area (Å²) in [6.45, 7) is 4.97. The average molecular weight is 272 g/mol. The Balaban J connectivity index is 1.60. The molecular weight excluding hydrogens is 248 g/mol. The van der Waals surface area contributed by atoms with Crippen LogP contribution in [0.4, 0.5) is 0 Å². The summed E-state index contributed by atoms with van der Waals surface area (Å²) in [7, 11) is 1.94. The summed E-state index contributed by atoms with van der Waals surface area (Å²) in [6.07, 6.45) is 3.44. The molecule has 108 valence electrons. The highest BCUT2D eigenvalue weighted by molar-refractivity contribution is 5.82. The van der Waals surface area contributed by atoms with Crippen LogP contribution in [0, 0.1) is 18.3 Å². The molecule has 1 saturated carbocycles. The molecule has 0 bridgehead atoms. The van der Waals surface area contributed by atoms with Gasteiger partial charge < -0.3 is 10.2 Å². The summed E-state index contributed by atoms with van der Waals surface area (Å²) in [6, 6.07) is 8.42. The minimum absolute atomic E-state index is 0.277. The number of rotatable bonds is 3. The second-order valence-corrected chi connectivity index (χ2v) is 6.55. The number of piperidine rings is 1. The predicted molar refractivity (Wildman–Crippen MR) is 80.3 cm³/mol. The largest absolute Gasteiger partial charge is 0.341 e. The smallest absolute Gasteiger partial charge is 0.226 e. The van der Waals surface area contributed by atoms with Crippen LogP contribution in [-0.2, 0) is 11.3 Å². The number of benzene rings is 1. The average Bonchev–Trinajstić information content (AvgIpc) is 3.12. The van der Waals surface area contributed by atoms with E-state index in [0.29, 0.717) is 11.3 Å². The van der Waals surface area contributed by atoms with E-state index in [1.165, 1.54) is 24.0 Å². The molecular formula is C17H24N2O. The quantitative estimate of drug-likeness (QED) is 0.916. The lowest BCUT2D eigenvalue weighted by Crippen LogP contribution is -2.34. The van der Waals surface area contributed by atoms with Crippen LogP contribution < -0.4 is 5.32 Å². The first-order chi connectivity index (χ1) is 9.61. The second-order valence-electron chi connectivity index (χ2n) is 6.55. The van der Waals surface area contributed by atoms with Gasteiger partial charge in [0.1, 0.15) is 0 Å². The van der Waals surface area contributed by atoms with Crippen molar-refractivity contribution in [2.45, 2.75) is 32.7 Å². The molecule has 1 aliphatic carbocycles. The second kappa shape index (κ2) is 5.21. The highest BCUT2D eigenvalue weighted by atomic mass is 16.2. The molecule has 1 saturated heterocycles. The van der Waals surface area contributed by atoms with Crippen molar-refractivity contribution < 1.29 is 4.79 Å². The molecule has 1 aromatic carbocycles. The molecule has 1 atom stereocenters. The van der Waals surface area contributed by atoms with Gasteiger partial charge in [-0.25, -0.2) is 0 Å². The number of hydrogen-bond acceptors (Lipinski definition) is 2. The van der Waals surface area contributed by atoms with Gasteiger partial charge in [-0.3, -0.25) is 4.79 Å². The summed E-state index contributed by atoms with van der Waals surface area (Å²) < 4.78 is 0. The molecule has 3 rings (SSSR count). The molecule has 1 unspecified atom stereocenters. The van der Waals surface area contributed by atoms with Crippen molar-refractivity contribution in [1.29, 1.82) is 0 Å². The Morgan fingerprint density at radius 2 is 2.15 bits per heavy atom. The van der Waals surface area contributed by atoms with E-state index < -0.39 is 0 Å². The molecule has 1 spiro atoms. The Morgan fingerprint density at radius 1 is 1.40 bits per heavy atom. The number of amides is 1. The van der Waals surface area contributed by atoms with Crippen molar-refractivity contribution in [2.75, 3.05) is 20.1 Å². The van der Waals surface area contributed by atoms with E-state index in [1.807, 2.05) is 11.9 Å². The van der Waals surface area contributed by atoms with Crippen molar-refractivity contribution in [3.8, 4) is 0 Å². The number of nitrogens with one attached hydrogen (secondary N) is 1. The molecule has 0 radical (unpaired) electrons. The topological polar surface area (TPSA) is 32.3 Å². The van der Waals surface area contributed by atoms with Crippen molar-refractivity contribution >= 4 is 5.91 Å². The molecule has 1 amide bonds. The van der Waals surface area contributed by atoms with Gasteiger partial charge in [0.2, 0.25) is 5.91 Å². The fourth-order valence-electron chi connectivity index (χ4n) is 3.60. The van der Waals surface area contributed by atoms with Crippen LogP contribution in [0.5, 0.6) is 0 Å². The van der Waals surface area contributed by atoms with Crippen molar-refractivity contribution in [1.82, 2.24) is 10.2 Å². The van der Waals surface area contributed by atoms with Crippen LogP contribution in [0.3, 0.4) is 0 Å². The van der Waals surface area contributed by atoms with Gasteiger partial charge in [-0.15, -0.1) is 0 Å². The fraction of sp³-hybridized carbons (Fsp3) is 0.588. The summed E-state index contributed by atoms with van der Waals surface area (Å²) >= 11 is 0. The van der Waals surface area contributed by atoms with Crippen LogP contribution in [-0.4, -0.2) is 30.9 Å². The van der Waals surface area contributed by atoms with Gasteiger partial charge in [-0.1, -0.05) is 29.8 Å². The third-order valence-corrected chi connectivity index (χ3v) is 4.97. The number of hydrogen-bond donors (Lipinski definition) is 1.